The van der Waals surface area contributed by atoms with Crippen LogP contribution in [0.3, 0.4) is 0 Å². The van der Waals surface area contributed by atoms with E-state index in [1.165, 1.54) is 0 Å². The van der Waals surface area contributed by atoms with Crippen LogP contribution in [0.25, 0.3) is 0 Å². The first-order valence-electron chi connectivity index (χ1n) is 9.45. The van der Waals surface area contributed by atoms with E-state index in [0.29, 0.717) is 40.8 Å². The van der Waals surface area contributed by atoms with Gasteiger partial charge in [-0.2, -0.15) is 5.26 Å². The van der Waals surface area contributed by atoms with Crippen molar-refractivity contribution in [3.63, 3.8) is 0 Å². The minimum Gasteiger partial charge on any atom is -0.497 e. The van der Waals surface area contributed by atoms with Crippen LogP contribution in [0.1, 0.15) is 17.5 Å². The summed E-state index contributed by atoms with van der Waals surface area (Å²) in [4.78, 5) is 27.2. The number of rotatable bonds is 7. The Hall–Kier alpha value is -3.18. The molecular weight excluding hydrogens is 402 g/mol. The number of nitrogens with zero attached hydrogens (tertiary/aromatic N) is 2. The van der Waals surface area contributed by atoms with Crippen LogP contribution in [0.15, 0.2) is 42.5 Å². The quantitative estimate of drug-likeness (QED) is 0.733. The van der Waals surface area contributed by atoms with Crippen molar-refractivity contribution in [2.75, 3.05) is 31.2 Å². The zero-order valence-electron chi connectivity index (χ0n) is 16.9. The monoisotopic (exact) mass is 425 g/mol. The summed E-state index contributed by atoms with van der Waals surface area (Å²) in [5, 5.41) is 11.7. The Morgan fingerprint density at radius 3 is 2.63 bits per heavy atom. The number of nitrogens with one attached hydrogen (secondary N) is 1. The number of carbonyl (C=O) groups is 2. The molecule has 0 radical (unpaired) electrons. The SMILES string of the molecule is COc1ccc(OC)c(CCC(=O)N2CSCC2C(=O)Nc2ccc(C#N)cc2)c1. The number of benzene rings is 2. The molecule has 2 aromatic carbocycles. The lowest BCUT2D eigenvalue weighted by Gasteiger charge is -2.23. The second-order valence-electron chi connectivity index (χ2n) is 6.74. The fourth-order valence-electron chi connectivity index (χ4n) is 3.22. The number of anilines is 1. The molecule has 0 saturated carbocycles. The van der Waals surface area contributed by atoms with Gasteiger partial charge >= 0.3 is 0 Å². The Labute approximate surface area is 180 Å². The molecule has 8 heteroatoms. The number of aryl methyl sites for hydroxylation is 1. The molecule has 0 spiro atoms. The molecule has 1 atom stereocenters. The van der Waals surface area contributed by atoms with Gasteiger partial charge in [-0.15, -0.1) is 11.8 Å². The molecule has 0 bridgehead atoms. The number of thioether (sulfide) groups is 1. The number of carbonyl (C=O) groups excluding carboxylic acids is 2. The lowest BCUT2D eigenvalue weighted by Crippen LogP contribution is -2.44. The summed E-state index contributed by atoms with van der Waals surface area (Å²) >= 11 is 1.56. The van der Waals surface area contributed by atoms with Crippen LogP contribution in [-0.4, -0.2) is 48.6 Å². The molecular formula is C22H23N3O4S. The molecule has 1 unspecified atom stereocenters. The average molecular weight is 426 g/mol. The molecule has 1 aliphatic rings. The molecule has 30 heavy (non-hydrogen) atoms. The molecule has 2 aromatic rings. The first-order chi connectivity index (χ1) is 14.5. The van der Waals surface area contributed by atoms with Gasteiger partial charge in [0.1, 0.15) is 17.5 Å². The highest BCUT2D eigenvalue weighted by atomic mass is 32.2. The van der Waals surface area contributed by atoms with Gasteiger partial charge in [-0.3, -0.25) is 9.59 Å². The van der Waals surface area contributed by atoms with E-state index in [2.05, 4.69) is 5.32 Å². The van der Waals surface area contributed by atoms with Crippen molar-refractivity contribution in [1.29, 1.82) is 5.26 Å². The minimum atomic E-state index is -0.523. The Kier molecular flexibility index (Phi) is 7.20. The van der Waals surface area contributed by atoms with Gasteiger partial charge in [-0.1, -0.05) is 0 Å². The van der Waals surface area contributed by atoms with Crippen molar-refractivity contribution in [3.8, 4) is 17.6 Å². The first kappa shape index (κ1) is 21.5. The largest absolute Gasteiger partial charge is 0.497 e. The molecule has 0 aromatic heterocycles. The summed E-state index contributed by atoms with van der Waals surface area (Å²) in [7, 11) is 3.18. The molecule has 3 rings (SSSR count). The summed E-state index contributed by atoms with van der Waals surface area (Å²) in [6, 6.07) is 13.7. The predicted molar refractivity (Wildman–Crippen MR) is 116 cm³/mol. The lowest BCUT2D eigenvalue weighted by molar-refractivity contribution is -0.136. The van der Waals surface area contributed by atoms with Crippen LogP contribution in [0.5, 0.6) is 11.5 Å². The maximum absolute atomic E-state index is 12.8. The maximum atomic E-state index is 12.8. The molecule has 1 saturated heterocycles. The fraction of sp³-hybridized carbons (Fsp3) is 0.318. The van der Waals surface area contributed by atoms with Crippen molar-refractivity contribution in [2.24, 2.45) is 0 Å². The van der Waals surface area contributed by atoms with E-state index in [1.54, 1.807) is 55.1 Å². The Bertz CT molecular complexity index is 956. The Balaban J connectivity index is 1.62. The van der Waals surface area contributed by atoms with E-state index >= 15 is 0 Å². The minimum absolute atomic E-state index is 0.0788. The molecule has 156 valence electrons. The summed E-state index contributed by atoms with van der Waals surface area (Å²) in [5.74, 6) is 2.14. The maximum Gasteiger partial charge on any atom is 0.248 e. The summed E-state index contributed by atoms with van der Waals surface area (Å²) < 4.78 is 10.6. The van der Waals surface area contributed by atoms with Gasteiger partial charge in [0.25, 0.3) is 0 Å². The molecule has 1 N–H and O–H groups in total. The Morgan fingerprint density at radius 2 is 1.97 bits per heavy atom. The van der Waals surface area contributed by atoms with Crippen LogP contribution in [0.4, 0.5) is 5.69 Å². The average Bonchev–Trinajstić information content (AvgIpc) is 3.28. The van der Waals surface area contributed by atoms with Crippen LogP contribution in [0.2, 0.25) is 0 Å². The number of hydrogen-bond acceptors (Lipinski definition) is 6. The van der Waals surface area contributed by atoms with E-state index in [9.17, 15) is 9.59 Å². The van der Waals surface area contributed by atoms with Crippen LogP contribution >= 0.6 is 11.8 Å². The number of methoxy groups -OCH3 is 2. The van der Waals surface area contributed by atoms with Crippen LogP contribution in [-0.2, 0) is 16.0 Å². The van der Waals surface area contributed by atoms with E-state index in [-0.39, 0.29) is 18.2 Å². The standard InChI is InChI=1S/C22H23N3O4S/c1-28-18-8-9-20(29-2)16(11-18)5-10-21(26)25-14-30-13-19(25)22(27)24-17-6-3-15(12-23)4-7-17/h3-4,6-9,11,19H,5,10,13-14H2,1-2H3,(H,24,27). The third kappa shape index (κ3) is 5.05. The highest BCUT2D eigenvalue weighted by Gasteiger charge is 2.34. The molecule has 1 aliphatic heterocycles. The van der Waals surface area contributed by atoms with Crippen molar-refractivity contribution >= 4 is 29.3 Å². The second-order valence-corrected chi connectivity index (χ2v) is 7.74. The van der Waals surface area contributed by atoms with E-state index in [4.69, 9.17) is 14.7 Å². The van der Waals surface area contributed by atoms with Crippen LogP contribution < -0.4 is 14.8 Å². The summed E-state index contributed by atoms with van der Waals surface area (Å²) in [6.07, 6.45) is 0.759. The first-order valence-corrected chi connectivity index (χ1v) is 10.6. The van der Waals surface area contributed by atoms with E-state index in [1.807, 2.05) is 24.3 Å². The fourth-order valence-corrected chi connectivity index (χ4v) is 4.40. The Morgan fingerprint density at radius 1 is 1.20 bits per heavy atom. The summed E-state index contributed by atoms with van der Waals surface area (Å²) in [6.45, 7) is 0. The van der Waals surface area contributed by atoms with Gasteiger partial charge in [0.15, 0.2) is 0 Å². The van der Waals surface area contributed by atoms with E-state index in [0.717, 1.165) is 5.56 Å². The van der Waals surface area contributed by atoms with Crippen molar-refractivity contribution in [2.45, 2.75) is 18.9 Å². The van der Waals surface area contributed by atoms with E-state index < -0.39 is 6.04 Å². The van der Waals surface area contributed by atoms with Gasteiger partial charge in [0.05, 0.1) is 31.7 Å². The molecule has 1 heterocycles. The molecule has 1 fully saturated rings. The normalized spacial score (nSPS) is 15.4. The zero-order valence-corrected chi connectivity index (χ0v) is 17.7. The lowest BCUT2D eigenvalue weighted by atomic mass is 10.1. The van der Waals surface area contributed by atoms with Gasteiger partial charge < -0.3 is 19.7 Å². The second kappa shape index (κ2) is 10.0. The molecule has 0 aliphatic carbocycles. The third-order valence-corrected chi connectivity index (χ3v) is 5.89. The van der Waals surface area contributed by atoms with Gasteiger partial charge in [0.2, 0.25) is 11.8 Å². The number of hydrogen-bond donors (Lipinski definition) is 1. The highest BCUT2D eigenvalue weighted by molar-refractivity contribution is 7.99. The molecule has 2 amide bonds. The van der Waals surface area contributed by atoms with Crippen LogP contribution in [0, 0.1) is 11.3 Å². The van der Waals surface area contributed by atoms with Crippen molar-refractivity contribution < 1.29 is 19.1 Å². The molecule has 7 nitrogen and oxygen atoms in total. The highest BCUT2D eigenvalue weighted by Crippen LogP contribution is 2.27. The predicted octanol–water partition coefficient (Wildman–Crippen LogP) is 3.05. The van der Waals surface area contributed by atoms with Gasteiger partial charge in [-0.25, -0.2) is 0 Å². The van der Waals surface area contributed by atoms with Gasteiger partial charge in [-0.05, 0) is 54.4 Å². The third-order valence-electron chi connectivity index (χ3n) is 4.88. The number of nitriles is 1. The smallest absolute Gasteiger partial charge is 0.248 e. The topological polar surface area (TPSA) is 91.7 Å². The number of amides is 2. The zero-order chi connectivity index (χ0) is 21.5. The number of ether oxygens (including phenoxy) is 2. The van der Waals surface area contributed by atoms with Gasteiger partial charge in [0, 0.05) is 17.9 Å². The van der Waals surface area contributed by atoms with Crippen molar-refractivity contribution in [3.05, 3.63) is 53.6 Å². The van der Waals surface area contributed by atoms with Crippen molar-refractivity contribution in [1.82, 2.24) is 4.90 Å². The summed E-state index contributed by atoms with van der Waals surface area (Å²) in [5.41, 5.74) is 2.01.